The van der Waals surface area contributed by atoms with Crippen LogP contribution in [0.3, 0.4) is 0 Å². The van der Waals surface area contributed by atoms with Crippen molar-refractivity contribution in [3.63, 3.8) is 0 Å². The fourth-order valence-corrected chi connectivity index (χ4v) is 5.86. The minimum Gasteiger partial charge on any atom is -0.478 e. The lowest BCUT2D eigenvalue weighted by Gasteiger charge is -1.98. The molecule has 1 aliphatic heterocycles. The first-order chi connectivity index (χ1) is 16.8. The number of aromatic nitrogens is 1. The Kier molecular flexibility index (Phi) is 6.11. The van der Waals surface area contributed by atoms with Gasteiger partial charge in [0.05, 0.1) is 31.3 Å². The van der Waals surface area contributed by atoms with Gasteiger partial charge in [-0.15, -0.1) is 11.3 Å². The molecule has 2 aromatic heterocycles. The van der Waals surface area contributed by atoms with E-state index in [0.717, 1.165) is 11.8 Å². The van der Waals surface area contributed by atoms with E-state index < -0.39 is 10.9 Å². The van der Waals surface area contributed by atoms with E-state index >= 15 is 0 Å². The van der Waals surface area contributed by atoms with Gasteiger partial charge in [-0.2, -0.15) is 0 Å². The fraction of sp³-hybridized carbons (Fsp3) is 0. The normalized spacial score (nSPS) is 15.7. The van der Waals surface area contributed by atoms with Crippen molar-refractivity contribution in [2.75, 3.05) is 0 Å². The van der Waals surface area contributed by atoms with Gasteiger partial charge in [0.1, 0.15) is 5.76 Å². The summed E-state index contributed by atoms with van der Waals surface area (Å²) in [7, 11) is 0. The summed E-state index contributed by atoms with van der Waals surface area (Å²) < 4.78 is 7.17. The third kappa shape index (κ3) is 5.11. The summed E-state index contributed by atoms with van der Waals surface area (Å²) in [5, 5.41) is 23.6. The number of benzene rings is 2. The monoisotopic (exact) mass is 524 g/mol. The van der Waals surface area contributed by atoms with Crippen LogP contribution in [0.4, 0.5) is 11.4 Å². The molecule has 0 aliphatic carbocycles. The number of hydrogen-bond donors (Lipinski definition) is 2. The highest BCUT2D eigenvalue weighted by molar-refractivity contribution is 8.18. The Labute approximate surface area is 208 Å². The van der Waals surface area contributed by atoms with Crippen molar-refractivity contribution in [2.45, 2.75) is 9.43 Å². The lowest BCUT2D eigenvalue weighted by atomic mass is 10.2. The van der Waals surface area contributed by atoms with E-state index in [0.29, 0.717) is 41.2 Å². The molecule has 3 heterocycles. The van der Waals surface area contributed by atoms with Crippen molar-refractivity contribution in [1.82, 2.24) is 10.3 Å². The van der Waals surface area contributed by atoms with Crippen molar-refractivity contribution in [2.24, 2.45) is 4.99 Å². The van der Waals surface area contributed by atoms with Gasteiger partial charge in [0.25, 0.3) is 11.6 Å². The van der Waals surface area contributed by atoms with E-state index in [9.17, 15) is 19.7 Å². The minimum atomic E-state index is -1.06. The number of aliphatic imine (C=N–C) groups is 1. The number of carboxylic acids is 1. The maximum absolute atomic E-state index is 12.3. The molecule has 0 spiro atoms. The average Bonchev–Trinajstić information content (AvgIpc) is 3.52. The molecule has 1 aliphatic rings. The molecule has 1 fully saturated rings. The van der Waals surface area contributed by atoms with Crippen LogP contribution in [0.2, 0.25) is 0 Å². The number of carboxylic acid groups (broad SMARTS) is 1. The van der Waals surface area contributed by atoms with Crippen LogP contribution in [-0.4, -0.2) is 32.1 Å². The first-order valence-electron chi connectivity index (χ1n) is 9.80. The topological polar surface area (TPSA) is 148 Å². The number of hydrogen-bond acceptors (Lipinski definition) is 10. The number of fused-ring (bicyclic) bond motifs is 1. The van der Waals surface area contributed by atoms with Gasteiger partial charge in [-0.05, 0) is 59.9 Å². The van der Waals surface area contributed by atoms with Crippen LogP contribution in [-0.2, 0) is 4.79 Å². The zero-order chi connectivity index (χ0) is 24.5. The number of furan rings is 1. The third-order valence-electron chi connectivity index (χ3n) is 4.60. The number of nitrogens with zero attached hydrogens (tertiary/aromatic N) is 3. The second-order valence-electron chi connectivity index (χ2n) is 6.98. The van der Waals surface area contributed by atoms with Crippen molar-refractivity contribution in [3.05, 3.63) is 80.9 Å². The van der Waals surface area contributed by atoms with Gasteiger partial charge >= 0.3 is 5.97 Å². The van der Waals surface area contributed by atoms with Crippen molar-refractivity contribution in [1.29, 1.82) is 0 Å². The summed E-state index contributed by atoms with van der Waals surface area (Å²) in [6.45, 7) is 0. The summed E-state index contributed by atoms with van der Waals surface area (Å²) >= 11 is 3.71. The Hall–Kier alpha value is -3.94. The number of aromatic carboxylic acids is 1. The Morgan fingerprint density at radius 2 is 2.09 bits per heavy atom. The third-order valence-corrected chi connectivity index (χ3v) is 7.51. The predicted octanol–water partition coefficient (Wildman–Crippen LogP) is 5.54. The number of thiazole rings is 1. The largest absolute Gasteiger partial charge is 0.478 e. The number of rotatable bonds is 6. The van der Waals surface area contributed by atoms with Gasteiger partial charge in [0.2, 0.25) is 0 Å². The molecule has 5 rings (SSSR count). The second-order valence-corrected chi connectivity index (χ2v) is 10.3. The Balaban J connectivity index is 1.30. The van der Waals surface area contributed by atoms with E-state index in [1.54, 1.807) is 36.4 Å². The second kappa shape index (κ2) is 9.37. The zero-order valence-corrected chi connectivity index (χ0v) is 19.8. The smallest absolute Gasteiger partial charge is 0.335 e. The lowest BCUT2D eigenvalue weighted by Crippen LogP contribution is -2.19. The molecule has 35 heavy (non-hydrogen) atoms. The maximum Gasteiger partial charge on any atom is 0.335 e. The molecule has 0 unspecified atom stereocenters. The number of carbonyl (C=O) groups excluding carboxylic acids is 1. The van der Waals surface area contributed by atoms with Crippen LogP contribution in [0.25, 0.3) is 16.3 Å². The van der Waals surface area contributed by atoms with E-state index in [1.165, 1.54) is 47.4 Å². The van der Waals surface area contributed by atoms with Crippen LogP contribution in [0.15, 0.2) is 78.3 Å². The first-order valence-corrected chi connectivity index (χ1v) is 12.2. The number of carbonyl (C=O) groups is 2. The Morgan fingerprint density at radius 1 is 1.23 bits per heavy atom. The fourth-order valence-electron chi connectivity index (χ4n) is 3.04. The first kappa shape index (κ1) is 22.8. The van der Waals surface area contributed by atoms with E-state index in [1.807, 2.05) is 0 Å². The maximum atomic E-state index is 12.3. The van der Waals surface area contributed by atoms with Crippen LogP contribution >= 0.6 is 34.9 Å². The molecule has 0 bridgehead atoms. The molecule has 2 N–H and O–H groups in total. The summed E-state index contributed by atoms with van der Waals surface area (Å²) in [6.07, 6.45) is 1.59. The molecule has 10 nitrogen and oxygen atoms in total. The molecule has 174 valence electrons. The van der Waals surface area contributed by atoms with Crippen molar-refractivity contribution in [3.8, 4) is 0 Å². The highest BCUT2D eigenvalue weighted by atomic mass is 32.2. The van der Waals surface area contributed by atoms with E-state index in [4.69, 9.17) is 9.52 Å². The number of non-ortho nitro benzene ring substituents is 1. The predicted molar refractivity (Wildman–Crippen MR) is 133 cm³/mol. The van der Waals surface area contributed by atoms with Crippen molar-refractivity contribution < 1.29 is 24.0 Å². The molecule has 2 aromatic carbocycles. The van der Waals surface area contributed by atoms with Gasteiger partial charge in [-0.3, -0.25) is 14.9 Å². The summed E-state index contributed by atoms with van der Waals surface area (Å²) in [6, 6.07) is 14.1. The molecular weight excluding hydrogens is 512 g/mol. The average molecular weight is 525 g/mol. The van der Waals surface area contributed by atoms with Gasteiger partial charge in [0.15, 0.2) is 14.6 Å². The molecule has 1 saturated heterocycles. The molecule has 0 atom stereocenters. The number of amides is 1. The number of nitro benzene ring substituents is 1. The van der Waals surface area contributed by atoms with Gasteiger partial charge < -0.3 is 14.8 Å². The number of nitro groups is 1. The Bertz CT molecular complexity index is 1570. The number of amidine groups is 1. The summed E-state index contributed by atoms with van der Waals surface area (Å²) in [5.74, 6) is -0.952. The summed E-state index contributed by atoms with van der Waals surface area (Å²) in [4.78, 5) is 43.1. The van der Waals surface area contributed by atoms with Gasteiger partial charge in [0, 0.05) is 18.2 Å². The van der Waals surface area contributed by atoms with Crippen LogP contribution in [0.1, 0.15) is 16.1 Å². The lowest BCUT2D eigenvalue weighted by molar-refractivity contribution is -0.384. The summed E-state index contributed by atoms with van der Waals surface area (Å²) in [5.41, 5.74) is 1.18. The zero-order valence-electron chi connectivity index (χ0n) is 17.3. The van der Waals surface area contributed by atoms with Crippen LogP contribution in [0.5, 0.6) is 0 Å². The van der Waals surface area contributed by atoms with Crippen LogP contribution in [0, 0.1) is 10.1 Å². The minimum absolute atomic E-state index is 0.00875. The van der Waals surface area contributed by atoms with E-state index in [-0.39, 0.29) is 17.2 Å². The molecule has 13 heteroatoms. The highest BCUT2D eigenvalue weighted by Crippen LogP contribution is 2.37. The molecule has 0 radical (unpaired) electrons. The standard InChI is InChI=1S/C22H12N4O6S3/c27-19-17(33-21(25-19)23-12-3-1-2-11(8-12)20(28)29)10-14-5-7-18(32-14)35-22-24-15-6-4-13(26(30)31)9-16(15)34-22/h1-10H,(H,28,29)(H,23,25,27)/b17-10-. The Morgan fingerprint density at radius 3 is 2.89 bits per heavy atom. The SMILES string of the molecule is O=C1NC(=Nc2cccc(C(=O)O)c2)S/C1=C\c1ccc(Sc2nc3ccc([N+](=O)[O-])cc3s2)o1. The molecule has 4 aromatic rings. The molecule has 0 saturated carbocycles. The van der Waals surface area contributed by atoms with Gasteiger partial charge in [-0.1, -0.05) is 6.07 Å². The quantitative estimate of drug-likeness (QED) is 0.188. The molecule has 1 amide bonds. The van der Waals surface area contributed by atoms with E-state index in [2.05, 4.69) is 15.3 Å². The number of nitrogens with one attached hydrogen (secondary N) is 1. The number of thioether (sulfide) groups is 1. The van der Waals surface area contributed by atoms with Crippen molar-refractivity contribution >= 4 is 79.6 Å². The highest BCUT2D eigenvalue weighted by Gasteiger charge is 2.24. The van der Waals surface area contributed by atoms with Crippen LogP contribution < -0.4 is 5.32 Å². The molecular formula is C22H12N4O6S3. The van der Waals surface area contributed by atoms with Gasteiger partial charge in [-0.25, -0.2) is 14.8 Å².